The van der Waals surface area contributed by atoms with Crippen molar-refractivity contribution in [3.05, 3.63) is 58.5 Å². The maximum absolute atomic E-state index is 13.6. The Balaban J connectivity index is 2.24. The van der Waals surface area contributed by atoms with Crippen LogP contribution in [0.25, 0.3) is 0 Å². The van der Waals surface area contributed by atoms with Gasteiger partial charge >= 0.3 is 0 Å². The number of aromatic nitrogens is 1. The summed E-state index contributed by atoms with van der Waals surface area (Å²) in [6.45, 7) is 5.57. The Hall–Kier alpha value is -2.01. The van der Waals surface area contributed by atoms with Gasteiger partial charge in [0.2, 0.25) is 0 Å². The van der Waals surface area contributed by atoms with Gasteiger partial charge in [0.05, 0.1) is 6.04 Å². The van der Waals surface area contributed by atoms with Crippen molar-refractivity contribution in [1.82, 2.24) is 4.98 Å². The summed E-state index contributed by atoms with van der Waals surface area (Å²) >= 11 is 4.99. The molecule has 0 fully saturated rings. The van der Waals surface area contributed by atoms with E-state index in [9.17, 15) is 4.39 Å². The van der Waals surface area contributed by atoms with Crippen LogP contribution in [0.5, 0.6) is 0 Å². The molecule has 0 spiro atoms. The molecule has 1 unspecified atom stereocenters. The molecule has 0 saturated carbocycles. The number of rotatable bonds is 4. The average Bonchev–Trinajstić information content (AvgIpc) is 2.41. The molecular weight excluding hydrogens is 285 g/mol. The fourth-order valence-electron chi connectivity index (χ4n) is 2.07. The number of nitrogens with zero attached hydrogens (tertiary/aromatic N) is 1. The van der Waals surface area contributed by atoms with E-state index < -0.39 is 0 Å². The third kappa shape index (κ3) is 3.76. The van der Waals surface area contributed by atoms with Crippen LogP contribution in [0.2, 0.25) is 0 Å². The molecule has 0 saturated heterocycles. The number of thiocarbonyl (C=S) groups is 1. The minimum absolute atomic E-state index is 0.0754. The maximum Gasteiger partial charge on any atom is 0.127 e. The summed E-state index contributed by atoms with van der Waals surface area (Å²) in [5.41, 5.74) is 8.74. The largest absolute Gasteiger partial charge is 0.389 e. The van der Waals surface area contributed by atoms with Gasteiger partial charge in [-0.25, -0.2) is 9.37 Å². The Morgan fingerprint density at radius 2 is 2.00 bits per heavy atom. The van der Waals surface area contributed by atoms with Gasteiger partial charge in [0.25, 0.3) is 0 Å². The zero-order valence-corrected chi connectivity index (χ0v) is 13.1. The van der Waals surface area contributed by atoms with Crippen LogP contribution in [0.4, 0.5) is 10.2 Å². The molecule has 1 aromatic carbocycles. The van der Waals surface area contributed by atoms with Crippen molar-refractivity contribution >= 4 is 23.0 Å². The van der Waals surface area contributed by atoms with E-state index in [4.69, 9.17) is 18.0 Å². The Labute approximate surface area is 129 Å². The zero-order chi connectivity index (χ0) is 15.6. The number of anilines is 1. The summed E-state index contributed by atoms with van der Waals surface area (Å²) in [6.07, 6.45) is 0. The van der Waals surface area contributed by atoms with Crippen LogP contribution in [-0.2, 0) is 0 Å². The van der Waals surface area contributed by atoms with Gasteiger partial charge in [-0.3, -0.25) is 0 Å². The van der Waals surface area contributed by atoms with Crippen LogP contribution in [0.15, 0.2) is 30.3 Å². The highest BCUT2D eigenvalue weighted by Crippen LogP contribution is 2.21. The molecular formula is C16H18FN3S. The molecule has 0 aliphatic rings. The number of aryl methyl sites for hydroxylation is 2. The first kappa shape index (κ1) is 15.4. The standard InChI is InChI=1S/C16H18FN3S/c1-9-4-5-12(7-14(9)17)11(3)20-15-8-13(16(18)21)6-10(2)19-15/h4-8,11H,1-3H3,(H2,18,21)(H,19,20). The number of benzene rings is 1. The van der Waals surface area contributed by atoms with Crippen molar-refractivity contribution < 1.29 is 4.39 Å². The second kappa shape index (κ2) is 6.18. The summed E-state index contributed by atoms with van der Waals surface area (Å²) in [7, 11) is 0. The van der Waals surface area contributed by atoms with Crippen molar-refractivity contribution in [2.24, 2.45) is 5.73 Å². The molecule has 3 nitrogen and oxygen atoms in total. The van der Waals surface area contributed by atoms with Gasteiger partial charge in [-0.2, -0.15) is 0 Å². The number of hydrogen-bond acceptors (Lipinski definition) is 3. The highest BCUT2D eigenvalue weighted by atomic mass is 32.1. The summed E-state index contributed by atoms with van der Waals surface area (Å²) in [4.78, 5) is 4.73. The molecule has 110 valence electrons. The number of pyridine rings is 1. The predicted octanol–water partition coefficient (Wildman–Crippen LogP) is 3.64. The van der Waals surface area contributed by atoms with E-state index in [1.54, 1.807) is 19.1 Å². The Bertz CT molecular complexity index is 685. The van der Waals surface area contributed by atoms with E-state index >= 15 is 0 Å². The molecule has 0 radical (unpaired) electrons. The van der Waals surface area contributed by atoms with Gasteiger partial charge < -0.3 is 11.1 Å². The van der Waals surface area contributed by atoms with Crippen molar-refractivity contribution in [2.45, 2.75) is 26.8 Å². The van der Waals surface area contributed by atoms with Crippen molar-refractivity contribution in [1.29, 1.82) is 0 Å². The quantitative estimate of drug-likeness (QED) is 0.847. The van der Waals surface area contributed by atoms with E-state index in [0.29, 0.717) is 16.4 Å². The molecule has 1 aromatic heterocycles. The average molecular weight is 303 g/mol. The van der Waals surface area contributed by atoms with Crippen molar-refractivity contribution in [3.63, 3.8) is 0 Å². The van der Waals surface area contributed by atoms with E-state index in [-0.39, 0.29) is 11.9 Å². The lowest BCUT2D eigenvalue weighted by atomic mass is 10.1. The summed E-state index contributed by atoms with van der Waals surface area (Å²) < 4.78 is 13.6. The lowest BCUT2D eigenvalue weighted by Gasteiger charge is -2.16. The molecule has 0 bridgehead atoms. The number of hydrogen-bond donors (Lipinski definition) is 2. The van der Waals surface area contributed by atoms with Crippen LogP contribution < -0.4 is 11.1 Å². The number of nitrogens with one attached hydrogen (secondary N) is 1. The molecule has 1 heterocycles. The van der Waals surface area contributed by atoms with E-state index in [1.165, 1.54) is 6.07 Å². The highest BCUT2D eigenvalue weighted by Gasteiger charge is 2.10. The minimum Gasteiger partial charge on any atom is -0.389 e. The van der Waals surface area contributed by atoms with Gasteiger partial charge in [-0.15, -0.1) is 0 Å². The lowest BCUT2D eigenvalue weighted by molar-refractivity contribution is 0.614. The normalized spacial score (nSPS) is 12.0. The Morgan fingerprint density at radius 1 is 1.29 bits per heavy atom. The molecule has 2 aromatic rings. The summed E-state index contributed by atoms with van der Waals surface area (Å²) in [6, 6.07) is 8.78. The first-order valence-corrected chi connectivity index (χ1v) is 7.08. The van der Waals surface area contributed by atoms with Crippen molar-refractivity contribution in [3.8, 4) is 0 Å². The lowest BCUT2D eigenvalue weighted by Crippen LogP contribution is -2.13. The number of nitrogens with two attached hydrogens (primary N) is 1. The van der Waals surface area contributed by atoms with E-state index in [2.05, 4.69) is 10.3 Å². The first-order valence-electron chi connectivity index (χ1n) is 6.68. The molecule has 0 amide bonds. The third-order valence-corrected chi connectivity index (χ3v) is 3.53. The van der Waals surface area contributed by atoms with Gasteiger partial charge in [0, 0.05) is 11.3 Å². The van der Waals surface area contributed by atoms with Crippen LogP contribution >= 0.6 is 12.2 Å². The molecule has 0 aliphatic carbocycles. The monoisotopic (exact) mass is 303 g/mol. The fraction of sp³-hybridized carbons (Fsp3) is 0.250. The SMILES string of the molecule is Cc1cc(C(N)=S)cc(NC(C)c2ccc(C)c(F)c2)n1. The minimum atomic E-state index is -0.206. The van der Waals surface area contributed by atoms with Crippen LogP contribution in [0.1, 0.15) is 35.3 Å². The van der Waals surface area contributed by atoms with Gasteiger partial charge in [0.1, 0.15) is 16.6 Å². The molecule has 0 aliphatic heterocycles. The third-order valence-electron chi connectivity index (χ3n) is 3.30. The second-order valence-electron chi connectivity index (χ2n) is 5.12. The smallest absolute Gasteiger partial charge is 0.127 e. The first-order chi connectivity index (χ1) is 9.86. The second-order valence-corrected chi connectivity index (χ2v) is 5.56. The predicted molar refractivity (Wildman–Crippen MR) is 88.0 cm³/mol. The van der Waals surface area contributed by atoms with E-state index in [0.717, 1.165) is 16.8 Å². The molecule has 2 rings (SSSR count). The zero-order valence-electron chi connectivity index (χ0n) is 12.3. The van der Waals surface area contributed by atoms with Crippen LogP contribution in [0.3, 0.4) is 0 Å². The molecule has 5 heteroatoms. The summed E-state index contributed by atoms with van der Waals surface area (Å²) in [5, 5.41) is 3.25. The van der Waals surface area contributed by atoms with Crippen LogP contribution in [-0.4, -0.2) is 9.97 Å². The van der Waals surface area contributed by atoms with Gasteiger partial charge in [-0.1, -0.05) is 24.4 Å². The molecule has 3 N–H and O–H groups in total. The molecule has 1 atom stereocenters. The van der Waals surface area contributed by atoms with Gasteiger partial charge in [-0.05, 0) is 50.1 Å². The Kier molecular flexibility index (Phi) is 4.53. The highest BCUT2D eigenvalue weighted by molar-refractivity contribution is 7.80. The summed E-state index contributed by atoms with van der Waals surface area (Å²) in [5.74, 6) is 0.466. The van der Waals surface area contributed by atoms with Gasteiger partial charge in [0.15, 0.2) is 0 Å². The molecule has 21 heavy (non-hydrogen) atoms. The number of halogens is 1. The Morgan fingerprint density at radius 3 is 2.62 bits per heavy atom. The topological polar surface area (TPSA) is 50.9 Å². The maximum atomic E-state index is 13.6. The van der Waals surface area contributed by atoms with Crippen LogP contribution in [0, 0.1) is 19.7 Å². The van der Waals surface area contributed by atoms with Crippen molar-refractivity contribution in [2.75, 3.05) is 5.32 Å². The fourth-order valence-corrected chi connectivity index (χ4v) is 2.19. The van der Waals surface area contributed by atoms with E-state index in [1.807, 2.05) is 26.0 Å².